The lowest BCUT2D eigenvalue weighted by atomic mass is 10.1. The Morgan fingerprint density at radius 1 is 1.00 bits per heavy atom. The number of hydrogen-bond donors (Lipinski definition) is 2. The summed E-state index contributed by atoms with van der Waals surface area (Å²) >= 11 is 1.71. The Morgan fingerprint density at radius 2 is 1.75 bits per heavy atom. The van der Waals surface area contributed by atoms with Crippen molar-refractivity contribution in [3.63, 3.8) is 0 Å². The van der Waals surface area contributed by atoms with Gasteiger partial charge in [0.25, 0.3) is 0 Å². The third-order valence-corrected chi connectivity index (χ3v) is 4.34. The molecule has 0 spiro atoms. The molecule has 0 radical (unpaired) electrons. The second-order valence-corrected chi connectivity index (χ2v) is 5.88. The van der Waals surface area contributed by atoms with Gasteiger partial charge >= 0.3 is 0 Å². The number of nitrogens with one attached hydrogen (secondary N) is 2. The Morgan fingerprint density at radius 3 is 2.33 bits per heavy atom. The molecule has 7 heteroatoms. The van der Waals surface area contributed by atoms with Gasteiger partial charge in [-0.2, -0.15) is 0 Å². The van der Waals surface area contributed by atoms with Crippen LogP contribution in [-0.4, -0.2) is 34.3 Å². The molecule has 0 aliphatic heterocycles. The second kappa shape index (κ2) is 9.02. The van der Waals surface area contributed by atoms with Crippen LogP contribution in [0.4, 0.5) is 0 Å². The Labute approximate surface area is 146 Å². The highest BCUT2D eigenvalue weighted by Crippen LogP contribution is 2.39. The number of guanidine groups is 1. The fraction of sp³-hybridized carbons (Fsp3) is 0.353. The van der Waals surface area contributed by atoms with Crippen LogP contribution in [0.3, 0.4) is 0 Å². The molecule has 0 saturated heterocycles. The lowest BCUT2D eigenvalue weighted by Crippen LogP contribution is -2.36. The summed E-state index contributed by atoms with van der Waals surface area (Å²) in [6.45, 7) is 1.29. The van der Waals surface area contributed by atoms with Gasteiger partial charge in [0.15, 0.2) is 17.5 Å². The number of aliphatic imine (C=N–C) groups is 1. The normalized spacial score (nSPS) is 11.1. The Hall–Kier alpha value is -2.41. The standard InChI is InChI=1S/C17H23N3O3S/c1-18-17(20-11-13-6-5-9-24-13)19-10-12-7-8-14(21-2)16(23-4)15(12)22-3/h5-9H,10-11H2,1-4H3,(H2,18,19,20). The number of ether oxygens (including phenoxy) is 3. The molecular weight excluding hydrogens is 326 g/mol. The van der Waals surface area contributed by atoms with Crippen molar-refractivity contribution < 1.29 is 14.2 Å². The zero-order chi connectivity index (χ0) is 17.4. The van der Waals surface area contributed by atoms with Crippen LogP contribution in [0.15, 0.2) is 34.6 Å². The second-order valence-electron chi connectivity index (χ2n) is 4.85. The van der Waals surface area contributed by atoms with E-state index in [1.54, 1.807) is 39.7 Å². The minimum Gasteiger partial charge on any atom is -0.493 e. The average Bonchev–Trinajstić information content (AvgIpc) is 3.14. The molecule has 1 aromatic heterocycles. The SMILES string of the molecule is CN=C(NCc1cccs1)NCc1ccc(OC)c(OC)c1OC. The van der Waals surface area contributed by atoms with Crippen molar-refractivity contribution in [1.82, 2.24) is 10.6 Å². The zero-order valence-electron chi connectivity index (χ0n) is 14.4. The molecule has 1 heterocycles. The molecule has 0 aliphatic rings. The molecule has 2 rings (SSSR count). The molecule has 24 heavy (non-hydrogen) atoms. The van der Waals surface area contributed by atoms with Gasteiger partial charge in [-0.25, -0.2) is 0 Å². The number of nitrogens with zero attached hydrogens (tertiary/aromatic N) is 1. The van der Waals surface area contributed by atoms with Crippen LogP contribution in [0, 0.1) is 0 Å². The molecule has 130 valence electrons. The fourth-order valence-electron chi connectivity index (χ4n) is 2.29. The molecule has 0 fully saturated rings. The van der Waals surface area contributed by atoms with Crippen molar-refractivity contribution in [2.24, 2.45) is 4.99 Å². The molecule has 2 aromatic rings. The predicted molar refractivity (Wildman–Crippen MR) is 97.5 cm³/mol. The van der Waals surface area contributed by atoms with Crippen LogP contribution in [0.2, 0.25) is 0 Å². The topological polar surface area (TPSA) is 64.1 Å². The summed E-state index contributed by atoms with van der Waals surface area (Å²) in [5.41, 5.74) is 0.953. The quantitative estimate of drug-likeness (QED) is 0.594. The van der Waals surface area contributed by atoms with Gasteiger partial charge in [0.05, 0.1) is 27.9 Å². The van der Waals surface area contributed by atoms with Crippen molar-refractivity contribution in [3.05, 3.63) is 40.1 Å². The highest BCUT2D eigenvalue weighted by Gasteiger charge is 2.15. The third-order valence-electron chi connectivity index (χ3n) is 3.47. The lowest BCUT2D eigenvalue weighted by molar-refractivity contribution is 0.322. The number of benzene rings is 1. The molecule has 2 N–H and O–H groups in total. The van der Waals surface area contributed by atoms with Crippen molar-refractivity contribution in [3.8, 4) is 17.2 Å². The van der Waals surface area contributed by atoms with Crippen molar-refractivity contribution >= 4 is 17.3 Å². The predicted octanol–water partition coefficient (Wildman–Crippen LogP) is 2.64. The summed E-state index contributed by atoms with van der Waals surface area (Å²) in [7, 11) is 6.56. The summed E-state index contributed by atoms with van der Waals surface area (Å²) in [4.78, 5) is 5.49. The molecule has 0 aliphatic carbocycles. The summed E-state index contributed by atoms with van der Waals surface area (Å²) < 4.78 is 16.2. The first-order valence-electron chi connectivity index (χ1n) is 7.48. The van der Waals surface area contributed by atoms with E-state index < -0.39 is 0 Å². The highest BCUT2D eigenvalue weighted by atomic mass is 32.1. The molecule has 0 unspecified atom stereocenters. The van der Waals surface area contributed by atoms with Crippen LogP contribution in [0.5, 0.6) is 17.2 Å². The summed E-state index contributed by atoms with van der Waals surface area (Å²) in [6, 6.07) is 7.93. The van der Waals surface area contributed by atoms with Gasteiger partial charge < -0.3 is 24.8 Å². The Kier molecular flexibility index (Phi) is 6.74. The number of thiophene rings is 1. The summed E-state index contributed by atoms with van der Waals surface area (Å²) in [5, 5.41) is 8.62. The molecule has 0 amide bonds. The first kappa shape index (κ1) is 17.9. The van der Waals surface area contributed by atoms with E-state index in [9.17, 15) is 0 Å². The Balaban J connectivity index is 2.04. The molecule has 0 bridgehead atoms. The van der Waals surface area contributed by atoms with Gasteiger partial charge in [-0.1, -0.05) is 6.07 Å². The molecule has 0 saturated carbocycles. The van der Waals surface area contributed by atoms with Gasteiger partial charge in [-0.3, -0.25) is 4.99 Å². The van der Waals surface area contributed by atoms with E-state index in [1.807, 2.05) is 18.2 Å². The van der Waals surface area contributed by atoms with Crippen molar-refractivity contribution in [1.29, 1.82) is 0 Å². The van der Waals surface area contributed by atoms with Gasteiger partial charge in [-0.05, 0) is 23.6 Å². The average molecular weight is 349 g/mol. The largest absolute Gasteiger partial charge is 0.493 e. The van der Waals surface area contributed by atoms with Crippen LogP contribution in [0.25, 0.3) is 0 Å². The number of methoxy groups -OCH3 is 3. The van der Waals surface area contributed by atoms with E-state index in [-0.39, 0.29) is 0 Å². The van der Waals surface area contributed by atoms with Crippen LogP contribution in [0.1, 0.15) is 10.4 Å². The first-order chi connectivity index (χ1) is 11.7. The first-order valence-corrected chi connectivity index (χ1v) is 8.36. The van der Waals surface area contributed by atoms with E-state index in [2.05, 4.69) is 27.1 Å². The lowest BCUT2D eigenvalue weighted by Gasteiger charge is -2.17. The summed E-state index contributed by atoms with van der Waals surface area (Å²) in [5.74, 6) is 2.59. The van der Waals surface area contributed by atoms with Gasteiger partial charge in [0.2, 0.25) is 5.75 Å². The van der Waals surface area contributed by atoms with Gasteiger partial charge in [0.1, 0.15) is 0 Å². The highest BCUT2D eigenvalue weighted by molar-refractivity contribution is 7.09. The minimum absolute atomic E-state index is 0.549. The van der Waals surface area contributed by atoms with Crippen LogP contribution < -0.4 is 24.8 Å². The maximum atomic E-state index is 5.49. The van der Waals surface area contributed by atoms with E-state index in [0.29, 0.717) is 23.8 Å². The Bertz CT molecular complexity index is 672. The van der Waals surface area contributed by atoms with Crippen molar-refractivity contribution in [2.45, 2.75) is 13.1 Å². The third kappa shape index (κ3) is 4.32. The number of rotatable bonds is 7. The minimum atomic E-state index is 0.549. The van der Waals surface area contributed by atoms with Crippen LogP contribution >= 0.6 is 11.3 Å². The smallest absolute Gasteiger partial charge is 0.203 e. The summed E-state index contributed by atoms with van der Waals surface area (Å²) in [6.07, 6.45) is 0. The van der Waals surface area contributed by atoms with Gasteiger partial charge in [0, 0.05) is 24.0 Å². The van der Waals surface area contributed by atoms with E-state index in [4.69, 9.17) is 14.2 Å². The maximum Gasteiger partial charge on any atom is 0.203 e. The molecule has 0 atom stereocenters. The van der Waals surface area contributed by atoms with Crippen molar-refractivity contribution in [2.75, 3.05) is 28.4 Å². The van der Waals surface area contributed by atoms with E-state index >= 15 is 0 Å². The monoisotopic (exact) mass is 349 g/mol. The molecule has 1 aromatic carbocycles. The number of hydrogen-bond acceptors (Lipinski definition) is 5. The molecular formula is C17H23N3O3S. The van der Waals surface area contributed by atoms with E-state index in [1.165, 1.54) is 4.88 Å². The molecule has 6 nitrogen and oxygen atoms in total. The van der Waals surface area contributed by atoms with E-state index in [0.717, 1.165) is 18.1 Å². The fourth-order valence-corrected chi connectivity index (χ4v) is 2.93. The van der Waals surface area contributed by atoms with Gasteiger partial charge in [-0.15, -0.1) is 11.3 Å². The zero-order valence-corrected chi connectivity index (χ0v) is 15.2. The maximum absolute atomic E-state index is 5.49. The van der Waals surface area contributed by atoms with Crippen LogP contribution in [-0.2, 0) is 13.1 Å².